The average Bonchev–Trinajstić information content (AvgIpc) is 2.10. The molecule has 4 N–H and O–H groups in total. The van der Waals surface area contributed by atoms with E-state index in [9.17, 15) is 9.59 Å². The molecule has 1 atom stereocenters. The summed E-state index contributed by atoms with van der Waals surface area (Å²) in [5, 5.41) is 11.6. The Labute approximate surface area is 107 Å². The molecule has 1 rings (SSSR count). The van der Waals surface area contributed by atoms with Gasteiger partial charge in [0.15, 0.2) is 0 Å². The number of rotatable bonds is 4. The first-order chi connectivity index (χ1) is 8.14. The second-order valence-corrected chi connectivity index (χ2v) is 5.91. The second kappa shape index (κ2) is 5.14. The van der Waals surface area contributed by atoms with Crippen molar-refractivity contribution in [1.82, 2.24) is 5.32 Å². The highest BCUT2D eigenvalue weighted by molar-refractivity contribution is 5.74. The molecule has 0 aromatic heterocycles. The number of ether oxygens (including phenoxy) is 1. The molecule has 0 aromatic carbocycles. The van der Waals surface area contributed by atoms with Crippen LogP contribution in [-0.4, -0.2) is 34.4 Å². The number of carbonyl (C=O) groups excluding carboxylic acids is 1. The summed E-state index contributed by atoms with van der Waals surface area (Å²) in [6.45, 7) is 5.34. The number of nitrogens with two attached hydrogens (primary N) is 1. The fourth-order valence-corrected chi connectivity index (χ4v) is 2.01. The van der Waals surface area contributed by atoms with E-state index in [1.807, 2.05) is 0 Å². The van der Waals surface area contributed by atoms with E-state index in [0.717, 1.165) is 19.3 Å². The summed E-state index contributed by atoms with van der Waals surface area (Å²) in [4.78, 5) is 22.5. The molecule has 0 spiro atoms. The third kappa shape index (κ3) is 4.18. The highest BCUT2D eigenvalue weighted by Gasteiger charge is 2.41. The molecule has 0 aromatic rings. The van der Waals surface area contributed by atoms with Crippen LogP contribution in [0.15, 0.2) is 0 Å². The van der Waals surface area contributed by atoms with Crippen LogP contribution in [0.1, 0.15) is 46.5 Å². The third-order valence-electron chi connectivity index (χ3n) is 3.00. The molecule has 6 nitrogen and oxygen atoms in total. The minimum Gasteiger partial charge on any atom is -0.480 e. The van der Waals surface area contributed by atoms with Gasteiger partial charge < -0.3 is 20.9 Å². The zero-order valence-electron chi connectivity index (χ0n) is 11.2. The Morgan fingerprint density at radius 1 is 1.44 bits per heavy atom. The van der Waals surface area contributed by atoms with Crippen LogP contribution < -0.4 is 11.1 Å². The van der Waals surface area contributed by atoms with Crippen LogP contribution in [0, 0.1) is 0 Å². The maximum atomic E-state index is 11.7. The quantitative estimate of drug-likeness (QED) is 0.704. The zero-order chi connectivity index (χ0) is 14.0. The van der Waals surface area contributed by atoms with Gasteiger partial charge in [-0.25, -0.2) is 4.79 Å². The molecule has 1 fully saturated rings. The summed E-state index contributed by atoms with van der Waals surface area (Å²) in [6.07, 6.45) is 2.17. The molecule has 1 aliphatic rings. The second-order valence-electron chi connectivity index (χ2n) is 5.91. The van der Waals surface area contributed by atoms with Crippen molar-refractivity contribution in [2.45, 2.75) is 63.6 Å². The number of hydrogen-bond donors (Lipinski definition) is 3. The largest absolute Gasteiger partial charge is 0.480 e. The van der Waals surface area contributed by atoms with Crippen molar-refractivity contribution in [2.24, 2.45) is 5.73 Å². The highest BCUT2D eigenvalue weighted by atomic mass is 16.6. The predicted octanol–water partition coefficient (Wildman–Crippen LogP) is 1.24. The molecule has 1 saturated carbocycles. The van der Waals surface area contributed by atoms with E-state index in [2.05, 4.69) is 5.32 Å². The van der Waals surface area contributed by atoms with Gasteiger partial charge in [0.2, 0.25) is 0 Å². The van der Waals surface area contributed by atoms with E-state index in [1.165, 1.54) is 0 Å². The van der Waals surface area contributed by atoms with Crippen molar-refractivity contribution in [3.63, 3.8) is 0 Å². The number of alkyl carbamates (subject to hydrolysis) is 1. The smallest absolute Gasteiger partial charge is 0.408 e. The molecular weight excluding hydrogens is 236 g/mol. The predicted molar refractivity (Wildman–Crippen MR) is 66.2 cm³/mol. The molecule has 0 radical (unpaired) electrons. The van der Waals surface area contributed by atoms with Gasteiger partial charge in [0.25, 0.3) is 0 Å². The number of carboxylic acids is 1. The van der Waals surface area contributed by atoms with Crippen LogP contribution in [0.5, 0.6) is 0 Å². The van der Waals surface area contributed by atoms with Gasteiger partial charge in [-0.15, -0.1) is 0 Å². The molecule has 18 heavy (non-hydrogen) atoms. The number of amides is 1. The Kier molecular flexibility index (Phi) is 4.21. The first-order valence-electron chi connectivity index (χ1n) is 6.13. The minimum atomic E-state index is -1.05. The summed E-state index contributed by atoms with van der Waals surface area (Å²) < 4.78 is 5.17. The van der Waals surface area contributed by atoms with E-state index in [0.29, 0.717) is 0 Å². The van der Waals surface area contributed by atoms with E-state index in [-0.39, 0.29) is 6.42 Å². The lowest BCUT2D eigenvalue weighted by atomic mass is 9.73. The summed E-state index contributed by atoms with van der Waals surface area (Å²) in [5.41, 5.74) is 4.44. The number of aliphatic carboxylic acids is 1. The summed E-state index contributed by atoms with van der Waals surface area (Å²) in [7, 11) is 0. The molecule has 0 heterocycles. The normalized spacial score (nSPS) is 19.6. The lowest BCUT2D eigenvalue weighted by Gasteiger charge is -2.43. The summed E-state index contributed by atoms with van der Waals surface area (Å²) in [5.74, 6) is -1.05. The van der Waals surface area contributed by atoms with E-state index in [1.54, 1.807) is 20.8 Å². The van der Waals surface area contributed by atoms with E-state index < -0.39 is 29.2 Å². The van der Waals surface area contributed by atoms with Crippen LogP contribution >= 0.6 is 0 Å². The maximum absolute atomic E-state index is 11.7. The van der Waals surface area contributed by atoms with Gasteiger partial charge in [0.05, 0.1) is 0 Å². The first kappa shape index (κ1) is 14.8. The number of carboxylic acid groups (broad SMARTS) is 1. The Morgan fingerprint density at radius 2 is 2.00 bits per heavy atom. The van der Waals surface area contributed by atoms with Crippen LogP contribution in [0.25, 0.3) is 0 Å². The van der Waals surface area contributed by atoms with Crippen molar-refractivity contribution >= 4 is 12.1 Å². The topological polar surface area (TPSA) is 102 Å². The van der Waals surface area contributed by atoms with Crippen molar-refractivity contribution in [3.8, 4) is 0 Å². The number of carbonyl (C=O) groups is 2. The molecule has 0 aliphatic heterocycles. The third-order valence-corrected chi connectivity index (χ3v) is 3.00. The summed E-state index contributed by atoms with van der Waals surface area (Å²) in [6, 6.07) is -0.958. The molecule has 0 saturated heterocycles. The Morgan fingerprint density at radius 3 is 2.33 bits per heavy atom. The van der Waals surface area contributed by atoms with Gasteiger partial charge in [-0.05, 0) is 46.5 Å². The van der Waals surface area contributed by atoms with E-state index in [4.69, 9.17) is 15.6 Å². The van der Waals surface area contributed by atoms with Gasteiger partial charge in [0.1, 0.15) is 11.6 Å². The minimum absolute atomic E-state index is 0.238. The lowest BCUT2D eigenvalue weighted by molar-refractivity contribution is -0.139. The van der Waals surface area contributed by atoms with Crippen molar-refractivity contribution in [2.75, 3.05) is 0 Å². The number of hydrogen-bond acceptors (Lipinski definition) is 4. The SMILES string of the molecule is CC(C)(C)OC(=O)NC1(CC(N)C(=O)O)CCC1. The van der Waals surface area contributed by atoms with Crippen LogP contribution in [0.4, 0.5) is 4.79 Å². The fourth-order valence-electron chi connectivity index (χ4n) is 2.01. The first-order valence-corrected chi connectivity index (χ1v) is 6.13. The van der Waals surface area contributed by atoms with Gasteiger partial charge in [0, 0.05) is 5.54 Å². The Balaban J connectivity index is 2.55. The molecule has 104 valence electrons. The molecule has 6 heteroatoms. The van der Waals surface area contributed by atoms with E-state index >= 15 is 0 Å². The maximum Gasteiger partial charge on any atom is 0.408 e. The van der Waals surface area contributed by atoms with Gasteiger partial charge in [-0.1, -0.05) is 0 Å². The molecule has 1 amide bonds. The van der Waals surface area contributed by atoms with Crippen LogP contribution in [-0.2, 0) is 9.53 Å². The van der Waals surface area contributed by atoms with Gasteiger partial charge in [-0.2, -0.15) is 0 Å². The lowest BCUT2D eigenvalue weighted by Crippen LogP contribution is -2.57. The van der Waals surface area contributed by atoms with Crippen molar-refractivity contribution in [1.29, 1.82) is 0 Å². The van der Waals surface area contributed by atoms with Crippen molar-refractivity contribution < 1.29 is 19.4 Å². The molecule has 1 aliphatic carbocycles. The molecule has 0 bridgehead atoms. The fraction of sp³-hybridized carbons (Fsp3) is 0.833. The van der Waals surface area contributed by atoms with Gasteiger partial charge in [-0.3, -0.25) is 4.79 Å². The van der Waals surface area contributed by atoms with Crippen LogP contribution in [0.2, 0.25) is 0 Å². The van der Waals surface area contributed by atoms with Crippen LogP contribution in [0.3, 0.4) is 0 Å². The van der Waals surface area contributed by atoms with Crippen molar-refractivity contribution in [3.05, 3.63) is 0 Å². The molecular formula is C12H22N2O4. The zero-order valence-corrected chi connectivity index (χ0v) is 11.2. The standard InChI is InChI=1S/C12H22N2O4/c1-11(2,3)18-10(17)14-12(5-4-6-12)7-8(13)9(15)16/h8H,4-7,13H2,1-3H3,(H,14,17)(H,15,16). The molecule has 1 unspecified atom stereocenters. The van der Waals surface area contributed by atoms with Gasteiger partial charge >= 0.3 is 12.1 Å². The monoisotopic (exact) mass is 258 g/mol. The Bertz CT molecular complexity index is 331. The number of nitrogens with one attached hydrogen (secondary N) is 1. The highest BCUT2D eigenvalue weighted by Crippen LogP contribution is 2.36. The summed E-state index contributed by atoms with van der Waals surface area (Å²) >= 11 is 0. The Hall–Kier alpha value is -1.30. The average molecular weight is 258 g/mol.